The van der Waals surface area contributed by atoms with Crippen molar-refractivity contribution in [3.05, 3.63) is 27.3 Å². The quantitative estimate of drug-likeness (QED) is 0.840. The van der Waals surface area contributed by atoms with E-state index in [9.17, 15) is 4.79 Å². The van der Waals surface area contributed by atoms with Crippen molar-refractivity contribution in [3.8, 4) is 0 Å². The highest BCUT2D eigenvalue weighted by Gasteiger charge is 2.11. The molecular formula is C11H15IN2O. The van der Waals surface area contributed by atoms with E-state index in [2.05, 4.69) is 27.9 Å². The summed E-state index contributed by atoms with van der Waals surface area (Å²) in [6.07, 6.45) is 0.648. The molecule has 0 aromatic heterocycles. The SMILES string of the molecule is CC[C@H](N)C(=O)Nc1ccc(I)cc1C. The Bertz CT molecular complexity index is 366. The first-order valence-corrected chi connectivity index (χ1v) is 5.95. The minimum absolute atomic E-state index is 0.123. The molecule has 3 nitrogen and oxygen atoms in total. The van der Waals surface area contributed by atoms with Gasteiger partial charge in [-0.25, -0.2) is 0 Å². The van der Waals surface area contributed by atoms with E-state index >= 15 is 0 Å². The van der Waals surface area contributed by atoms with Crippen LogP contribution in [-0.2, 0) is 4.79 Å². The van der Waals surface area contributed by atoms with Gasteiger partial charge < -0.3 is 11.1 Å². The average Bonchev–Trinajstić information content (AvgIpc) is 2.20. The molecular weight excluding hydrogens is 303 g/mol. The van der Waals surface area contributed by atoms with E-state index in [-0.39, 0.29) is 5.91 Å². The third-order valence-electron chi connectivity index (χ3n) is 2.22. The molecule has 0 saturated heterocycles. The zero-order valence-corrected chi connectivity index (χ0v) is 11.0. The number of hydrogen-bond donors (Lipinski definition) is 2. The first-order valence-electron chi connectivity index (χ1n) is 4.87. The van der Waals surface area contributed by atoms with Crippen molar-refractivity contribution in [1.29, 1.82) is 0 Å². The first kappa shape index (κ1) is 12.4. The molecule has 0 aliphatic carbocycles. The molecule has 0 spiro atoms. The van der Waals surface area contributed by atoms with Crippen LogP contribution in [0.1, 0.15) is 18.9 Å². The minimum atomic E-state index is -0.427. The highest BCUT2D eigenvalue weighted by atomic mass is 127. The maximum Gasteiger partial charge on any atom is 0.241 e. The zero-order chi connectivity index (χ0) is 11.4. The third kappa shape index (κ3) is 3.46. The van der Waals surface area contributed by atoms with E-state index in [0.29, 0.717) is 6.42 Å². The molecule has 3 N–H and O–H groups in total. The van der Waals surface area contributed by atoms with Crippen molar-refractivity contribution in [3.63, 3.8) is 0 Å². The molecule has 0 saturated carbocycles. The molecule has 1 atom stereocenters. The van der Waals surface area contributed by atoms with Gasteiger partial charge in [-0.2, -0.15) is 0 Å². The van der Waals surface area contributed by atoms with Crippen molar-refractivity contribution in [2.75, 3.05) is 5.32 Å². The van der Waals surface area contributed by atoms with E-state index in [1.165, 1.54) is 0 Å². The molecule has 0 radical (unpaired) electrons. The summed E-state index contributed by atoms with van der Waals surface area (Å²) in [5.74, 6) is -0.123. The van der Waals surface area contributed by atoms with Gasteiger partial charge in [0.2, 0.25) is 5.91 Å². The number of rotatable bonds is 3. The van der Waals surface area contributed by atoms with Gasteiger partial charge in [-0.1, -0.05) is 6.92 Å². The van der Waals surface area contributed by atoms with Gasteiger partial charge in [0.25, 0.3) is 0 Å². The van der Waals surface area contributed by atoms with Gasteiger partial charge in [0.05, 0.1) is 6.04 Å². The number of benzene rings is 1. The Labute approximate surface area is 104 Å². The Morgan fingerprint density at radius 2 is 2.27 bits per heavy atom. The highest BCUT2D eigenvalue weighted by Crippen LogP contribution is 2.17. The molecule has 4 heteroatoms. The van der Waals surface area contributed by atoms with E-state index < -0.39 is 6.04 Å². The van der Waals surface area contributed by atoms with Crippen LogP contribution in [-0.4, -0.2) is 11.9 Å². The molecule has 0 unspecified atom stereocenters. The third-order valence-corrected chi connectivity index (χ3v) is 2.89. The van der Waals surface area contributed by atoms with Gasteiger partial charge in [0, 0.05) is 9.26 Å². The van der Waals surface area contributed by atoms with Crippen molar-refractivity contribution < 1.29 is 4.79 Å². The fourth-order valence-electron chi connectivity index (χ4n) is 1.18. The summed E-state index contributed by atoms with van der Waals surface area (Å²) in [6.45, 7) is 3.86. The molecule has 0 heterocycles. The highest BCUT2D eigenvalue weighted by molar-refractivity contribution is 14.1. The number of aryl methyl sites for hydroxylation is 1. The van der Waals surface area contributed by atoms with Crippen LogP contribution >= 0.6 is 22.6 Å². The van der Waals surface area contributed by atoms with Gasteiger partial charge in [0.1, 0.15) is 0 Å². The van der Waals surface area contributed by atoms with Crippen LogP contribution < -0.4 is 11.1 Å². The van der Waals surface area contributed by atoms with Gasteiger partial charge in [-0.05, 0) is 59.7 Å². The summed E-state index contributed by atoms with van der Waals surface area (Å²) in [5.41, 5.74) is 7.52. The lowest BCUT2D eigenvalue weighted by atomic mass is 10.2. The number of carbonyl (C=O) groups excluding carboxylic acids is 1. The van der Waals surface area contributed by atoms with Crippen LogP contribution in [0, 0.1) is 10.5 Å². The van der Waals surface area contributed by atoms with Crippen LogP contribution in [0.4, 0.5) is 5.69 Å². The second-order valence-electron chi connectivity index (χ2n) is 3.46. The van der Waals surface area contributed by atoms with Gasteiger partial charge in [-0.3, -0.25) is 4.79 Å². The maximum atomic E-state index is 11.5. The average molecular weight is 318 g/mol. The molecule has 1 amide bonds. The maximum absolute atomic E-state index is 11.5. The molecule has 0 bridgehead atoms. The van der Waals surface area contributed by atoms with Crippen LogP contribution in [0.2, 0.25) is 0 Å². The van der Waals surface area contributed by atoms with E-state index in [4.69, 9.17) is 5.73 Å². The van der Waals surface area contributed by atoms with E-state index in [0.717, 1.165) is 14.8 Å². The number of nitrogens with two attached hydrogens (primary N) is 1. The van der Waals surface area contributed by atoms with Gasteiger partial charge in [-0.15, -0.1) is 0 Å². The van der Waals surface area contributed by atoms with Gasteiger partial charge in [0.15, 0.2) is 0 Å². The molecule has 0 aliphatic heterocycles. The minimum Gasteiger partial charge on any atom is -0.324 e. The molecule has 1 aromatic carbocycles. The van der Waals surface area contributed by atoms with Gasteiger partial charge >= 0.3 is 0 Å². The van der Waals surface area contributed by atoms with Crippen LogP contribution in [0.15, 0.2) is 18.2 Å². The Morgan fingerprint density at radius 1 is 1.60 bits per heavy atom. The second kappa shape index (κ2) is 5.46. The van der Waals surface area contributed by atoms with E-state index in [1.807, 2.05) is 32.0 Å². The van der Waals surface area contributed by atoms with Crippen molar-refractivity contribution in [2.45, 2.75) is 26.3 Å². The number of anilines is 1. The Kier molecular flexibility index (Phi) is 4.53. The second-order valence-corrected chi connectivity index (χ2v) is 4.71. The number of halogens is 1. The lowest BCUT2D eigenvalue weighted by Gasteiger charge is -2.12. The van der Waals surface area contributed by atoms with Crippen molar-refractivity contribution in [1.82, 2.24) is 0 Å². The van der Waals surface area contributed by atoms with Crippen molar-refractivity contribution in [2.24, 2.45) is 5.73 Å². The van der Waals surface area contributed by atoms with Crippen LogP contribution in [0.5, 0.6) is 0 Å². The lowest BCUT2D eigenvalue weighted by Crippen LogP contribution is -2.34. The largest absolute Gasteiger partial charge is 0.324 e. The normalized spacial score (nSPS) is 12.3. The summed E-state index contributed by atoms with van der Waals surface area (Å²) in [7, 11) is 0. The number of carbonyl (C=O) groups is 1. The summed E-state index contributed by atoms with van der Waals surface area (Å²) >= 11 is 2.24. The van der Waals surface area contributed by atoms with E-state index in [1.54, 1.807) is 0 Å². The Morgan fingerprint density at radius 3 is 2.80 bits per heavy atom. The molecule has 0 fully saturated rings. The molecule has 82 valence electrons. The summed E-state index contributed by atoms with van der Waals surface area (Å²) < 4.78 is 1.16. The van der Waals surface area contributed by atoms with Crippen molar-refractivity contribution >= 4 is 34.2 Å². The smallest absolute Gasteiger partial charge is 0.241 e. The molecule has 15 heavy (non-hydrogen) atoms. The Hall–Kier alpha value is -0.620. The lowest BCUT2D eigenvalue weighted by molar-refractivity contribution is -0.117. The molecule has 1 aromatic rings. The summed E-state index contributed by atoms with van der Waals surface area (Å²) in [6, 6.07) is 5.45. The topological polar surface area (TPSA) is 55.1 Å². The fraction of sp³-hybridized carbons (Fsp3) is 0.364. The Balaban J connectivity index is 2.77. The number of amides is 1. The molecule has 1 rings (SSSR count). The fourth-order valence-corrected chi connectivity index (χ4v) is 1.83. The first-order chi connectivity index (χ1) is 7.04. The van der Waals surface area contributed by atoms with Crippen LogP contribution in [0.25, 0.3) is 0 Å². The predicted octanol–water partition coefficient (Wildman–Crippen LogP) is 2.28. The predicted molar refractivity (Wildman–Crippen MR) is 70.8 cm³/mol. The zero-order valence-electron chi connectivity index (χ0n) is 8.88. The summed E-state index contributed by atoms with van der Waals surface area (Å²) in [5, 5.41) is 2.82. The monoisotopic (exact) mass is 318 g/mol. The number of nitrogens with one attached hydrogen (secondary N) is 1. The van der Waals surface area contributed by atoms with Crippen LogP contribution in [0.3, 0.4) is 0 Å². The standard InChI is InChI=1S/C11H15IN2O/c1-3-9(13)11(15)14-10-5-4-8(12)6-7(10)2/h4-6,9H,3,13H2,1-2H3,(H,14,15)/t9-/m0/s1. The molecule has 0 aliphatic rings. The number of hydrogen-bond acceptors (Lipinski definition) is 2. The summed E-state index contributed by atoms with van der Waals surface area (Å²) in [4.78, 5) is 11.5.